The van der Waals surface area contributed by atoms with E-state index < -0.39 is 0 Å². The molecule has 0 spiro atoms. The molecule has 4 heterocycles. The molecule has 8 aromatic carbocycles. The van der Waals surface area contributed by atoms with E-state index in [4.69, 9.17) is 19.9 Å². The lowest BCUT2D eigenvalue weighted by Gasteiger charge is -2.14. The highest BCUT2D eigenvalue weighted by Gasteiger charge is 2.19. The maximum Gasteiger partial charge on any atom is 0.164 e. The first-order valence-corrected chi connectivity index (χ1v) is 21.5. The molecule has 0 fully saturated rings. The molecule has 0 bridgehead atoms. The van der Waals surface area contributed by atoms with Crippen LogP contribution in [0.15, 0.2) is 212 Å². The Morgan fingerprint density at radius 3 is 1.63 bits per heavy atom. The third kappa shape index (κ3) is 6.24. The number of nitrogens with zero attached hydrogens (tertiary/aromatic N) is 5. The summed E-state index contributed by atoms with van der Waals surface area (Å²) in [6.07, 6.45) is 1.98. The van der Waals surface area contributed by atoms with Crippen LogP contribution in [-0.2, 0) is 0 Å². The third-order valence-electron chi connectivity index (χ3n) is 11.7. The summed E-state index contributed by atoms with van der Waals surface area (Å²) in [5.41, 5.74) is 12.6. The van der Waals surface area contributed by atoms with Crippen molar-refractivity contribution in [2.75, 3.05) is 0 Å². The zero-order valence-corrected chi connectivity index (χ0v) is 34.2. The fourth-order valence-corrected chi connectivity index (χ4v) is 9.85. The minimum Gasteiger partial charge on any atom is -0.309 e. The molecular weight excluding hydrogens is 775 g/mol. The molecule has 0 aliphatic heterocycles. The summed E-state index contributed by atoms with van der Waals surface area (Å²) in [6.45, 7) is 0. The second kappa shape index (κ2) is 14.9. The highest BCUT2D eigenvalue weighted by Crippen LogP contribution is 2.42. The maximum absolute atomic E-state index is 5.12. The summed E-state index contributed by atoms with van der Waals surface area (Å²) in [4.78, 5) is 20.3. The first kappa shape index (κ1) is 35.8. The van der Waals surface area contributed by atoms with E-state index in [1.807, 2.05) is 84.3 Å². The maximum atomic E-state index is 5.12. The van der Waals surface area contributed by atoms with Crippen LogP contribution in [0.4, 0.5) is 0 Å². The number of pyridine rings is 1. The standard InChI is InChI=1S/C56H35N5S/c1-5-15-36(16-6-1)39-25-29-45(56-59-54(37-17-7-2-8-18-37)58-55(60-56)38-19-9-3-10-20-38)46(31-39)41-27-30-49(57-35-41)40-26-28-44-48-33-47-43-23-13-14-24-50(43)61(42-21-11-4-12-22-42)51(47)34-53(48)62-52(44)32-40/h1-35H. The molecule has 0 aliphatic carbocycles. The average Bonchev–Trinajstić information content (AvgIpc) is 3.88. The molecule has 0 unspecified atom stereocenters. The summed E-state index contributed by atoms with van der Waals surface area (Å²) in [6, 6.07) is 72.4. The third-order valence-corrected chi connectivity index (χ3v) is 12.8. The average molecular weight is 810 g/mol. The molecule has 62 heavy (non-hydrogen) atoms. The van der Waals surface area contributed by atoms with Gasteiger partial charge in [-0.25, -0.2) is 15.0 Å². The van der Waals surface area contributed by atoms with Gasteiger partial charge in [-0.2, -0.15) is 0 Å². The lowest BCUT2D eigenvalue weighted by atomic mass is 9.94. The van der Waals surface area contributed by atoms with Crippen molar-refractivity contribution < 1.29 is 0 Å². The lowest BCUT2D eigenvalue weighted by Crippen LogP contribution is -2.01. The minimum absolute atomic E-state index is 0.605. The van der Waals surface area contributed by atoms with Crippen molar-refractivity contribution in [2.45, 2.75) is 0 Å². The molecule has 12 rings (SSSR count). The van der Waals surface area contributed by atoms with Crippen LogP contribution in [0.25, 0.3) is 115 Å². The van der Waals surface area contributed by atoms with Crippen LogP contribution in [0.2, 0.25) is 0 Å². The predicted octanol–water partition coefficient (Wildman–Crippen LogP) is 14.7. The van der Waals surface area contributed by atoms with E-state index in [0.717, 1.165) is 55.9 Å². The van der Waals surface area contributed by atoms with Gasteiger partial charge in [0.2, 0.25) is 0 Å². The predicted molar refractivity (Wildman–Crippen MR) is 257 cm³/mol. The Morgan fingerprint density at radius 1 is 0.339 bits per heavy atom. The zero-order chi connectivity index (χ0) is 41.0. The first-order chi connectivity index (χ1) is 30.7. The molecule has 0 aliphatic rings. The Morgan fingerprint density at radius 2 is 0.935 bits per heavy atom. The number of hydrogen-bond donors (Lipinski definition) is 0. The quantitative estimate of drug-likeness (QED) is 0.161. The molecule has 0 saturated carbocycles. The number of aromatic nitrogens is 5. The van der Waals surface area contributed by atoms with Crippen LogP contribution in [0.1, 0.15) is 0 Å². The Labute approximate surface area is 361 Å². The monoisotopic (exact) mass is 809 g/mol. The molecule has 12 aromatic rings. The molecule has 290 valence electrons. The van der Waals surface area contributed by atoms with Gasteiger partial charge < -0.3 is 4.57 Å². The van der Waals surface area contributed by atoms with Gasteiger partial charge in [-0.15, -0.1) is 11.3 Å². The van der Waals surface area contributed by atoms with Crippen LogP contribution in [0, 0.1) is 0 Å². The summed E-state index contributed by atoms with van der Waals surface area (Å²) in [5.74, 6) is 1.86. The molecule has 0 N–H and O–H groups in total. The molecule has 0 amide bonds. The molecule has 0 radical (unpaired) electrons. The van der Waals surface area contributed by atoms with Gasteiger partial charge in [0, 0.05) is 70.6 Å². The van der Waals surface area contributed by atoms with Crippen LogP contribution in [0.5, 0.6) is 0 Å². The van der Waals surface area contributed by atoms with Crippen molar-refractivity contribution in [3.63, 3.8) is 0 Å². The van der Waals surface area contributed by atoms with Crippen LogP contribution in [-0.4, -0.2) is 24.5 Å². The van der Waals surface area contributed by atoms with Crippen LogP contribution in [0.3, 0.4) is 0 Å². The fourth-order valence-electron chi connectivity index (χ4n) is 8.69. The highest BCUT2D eigenvalue weighted by atomic mass is 32.1. The van der Waals surface area contributed by atoms with E-state index in [1.54, 1.807) is 0 Å². The van der Waals surface area contributed by atoms with Gasteiger partial charge in [0.1, 0.15) is 0 Å². The summed E-state index contributed by atoms with van der Waals surface area (Å²) >= 11 is 1.84. The SMILES string of the molecule is c1ccc(-c2ccc(-c3nc(-c4ccccc4)nc(-c4ccccc4)n3)c(-c3ccc(-c4ccc5c(c4)sc4cc6c(cc45)c4ccccc4n6-c4ccccc4)nc3)c2)cc1. The zero-order valence-electron chi connectivity index (χ0n) is 33.4. The van der Waals surface area contributed by atoms with E-state index in [9.17, 15) is 0 Å². The molecule has 0 saturated heterocycles. The van der Waals surface area contributed by atoms with Crippen LogP contribution < -0.4 is 0 Å². The van der Waals surface area contributed by atoms with Gasteiger partial charge >= 0.3 is 0 Å². The van der Waals surface area contributed by atoms with Crippen molar-refractivity contribution in [1.82, 2.24) is 24.5 Å². The molecule has 5 nitrogen and oxygen atoms in total. The Balaban J connectivity index is 0.962. The van der Waals surface area contributed by atoms with Crippen molar-refractivity contribution in [1.29, 1.82) is 0 Å². The van der Waals surface area contributed by atoms with Crippen molar-refractivity contribution >= 4 is 53.3 Å². The summed E-state index contributed by atoms with van der Waals surface area (Å²) < 4.78 is 4.89. The fraction of sp³-hybridized carbons (Fsp3) is 0. The first-order valence-electron chi connectivity index (χ1n) is 20.7. The van der Waals surface area contributed by atoms with Gasteiger partial charge in [-0.3, -0.25) is 4.98 Å². The number of hydrogen-bond acceptors (Lipinski definition) is 5. The summed E-state index contributed by atoms with van der Waals surface area (Å²) in [7, 11) is 0. The second-order valence-electron chi connectivity index (χ2n) is 15.5. The molecular formula is C56H35N5S. The highest BCUT2D eigenvalue weighted by molar-refractivity contribution is 7.25. The normalized spacial score (nSPS) is 11.5. The van der Waals surface area contributed by atoms with Gasteiger partial charge in [0.05, 0.1) is 16.7 Å². The van der Waals surface area contributed by atoms with Crippen LogP contribution >= 0.6 is 11.3 Å². The van der Waals surface area contributed by atoms with Crippen molar-refractivity contribution in [3.05, 3.63) is 212 Å². The van der Waals surface area contributed by atoms with E-state index >= 15 is 0 Å². The number of para-hydroxylation sites is 2. The van der Waals surface area contributed by atoms with Gasteiger partial charge in [0.15, 0.2) is 17.5 Å². The van der Waals surface area contributed by atoms with Gasteiger partial charge in [0.25, 0.3) is 0 Å². The van der Waals surface area contributed by atoms with Crippen molar-refractivity contribution in [2.24, 2.45) is 0 Å². The number of fused-ring (bicyclic) bond motifs is 6. The Kier molecular flexibility index (Phi) is 8.61. The minimum atomic E-state index is 0.605. The Hall–Kier alpha value is -8.06. The van der Waals surface area contributed by atoms with E-state index in [2.05, 4.69) is 144 Å². The van der Waals surface area contributed by atoms with Crippen molar-refractivity contribution in [3.8, 4) is 73.4 Å². The summed E-state index contributed by atoms with van der Waals surface area (Å²) in [5, 5.41) is 5.06. The number of thiophene rings is 1. The smallest absolute Gasteiger partial charge is 0.164 e. The van der Waals surface area contributed by atoms with E-state index in [0.29, 0.717) is 17.5 Å². The van der Waals surface area contributed by atoms with Gasteiger partial charge in [-0.1, -0.05) is 152 Å². The molecule has 6 heteroatoms. The molecule has 0 atom stereocenters. The van der Waals surface area contributed by atoms with E-state index in [1.165, 1.54) is 42.0 Å². The Bertz CT molecular complexity index is 3540. The van der Waals surface area contributed by atoms with Gasteiger partial charge in [-0.05, 0) is 71.3 Å². The molecule has 4 aromatic heterocycles. The van der Waals surface area contributed by atoms with E-state index in [-0.39, 0.29) is 0 Å². The number of benzene rings is 8. The topological polar surface area (TPSA) is 56.5 Å². The largest absolute Gasteiger partial charge is 0.309 e. The number of rotatable bonds is 7. The second-order valence-corrected chi connectivity index (χ2v) is 16.5. The lowest BCUT2D eigenvalue weighted by molar-refractivity contribution is 1.07.